The molecule has 5 heteroatoms. The largest absolute Gasteiger partial charge is 0.466 e. The minimum Gasteiger partial charge on any atom is -0.466 e. The number of amides is 1. The van der Waals surface area contributed by atoms with Gasteiger partial charge in [-0.2, -0.15) is 0 Å². The van der Waals surface area contributed by atoms with Crippen LogP contribution in [0.1, 0.15) is 26.2 Å². The fourth-order valence-electron chi connectivity index (χ4n) is 1.59. The Labute approximate surface area is 89.6 Å². The van der Waals surface area contributed by atoms with Gasteiger partial charge in [0, 0.05) is 6.04 Å². The molecule has 0 radical (unpaired) electrons. The molecule has 15 heavy (non-hydrogen) atoms. The Hall–Kier alpha value is -1.10. The SMILES string of the molecule is CCOC(=O)CC(=O)NC1CCNCC1. The first kappa shape index (κ1) is 12.0. The van der Waals surface area contributed by atoms with Crippen LogP contribution in [0.25, 0.3) is 0 Å². The number of ether oxygens (including phenoxy) is 1. The molecule has 5 nitrogen and oxygen atoms in total. The Balaban J connectivity index is 2.19. The van der Waals surface area contributed by atoms with Gasteiger partial charge in [0.1, 0.15) is 6.42 Å². The molecule has 0 atom stereocenters. The van der Waals surface area contributed by atoms with Crippen LogP contribution < -0.4 is 10.6 Å². The summed E-state index contributed by atoms with van der Waals surface area (Å²) in [5.41, 5.74) is 0. The quantitative estimate of drug-likeness (QED) is 0.502. The van der Waals surface area contributed by atoms with Crippen LogP contribution >= 0.6 is 0 Å². The van der Waals surface area contributed by atoms with Crippen molar-refractivity contribution in [3.05, 3.63) is 0 Å². The average Bonchev–Trinajstić information content (AvgIpc) is 2.19. The summed E-state index contributed by atoms with van der Waals surface area (Å²) in [4.78, 5) is 22.4. The predicted molar refractivity (Wildman–Crippen MR) is 55.3 cm³/mol. The van der Waals surface area contributed by atoms with Crippen LogP contribution in [0.4, 0.5) is 0 Å². The lowest BCUT2D eigenvalue weighted by Gasteiger charge is -2.23. The summed E-state index contributed by atoms with van der Waals surface area (Å²) in [6, 6.07) is 0.202. The number of esters is 1. The number of rotatable bonds is 4. The van der Waals surface area contributed by atoms with Gasteiger partial charge in [0.15, 0.2) is 0 Å². The van der Waals surface area contributed by atoms with Gasteiger partial charge < -0.3 is 15.4 Å². The van der Waals surface area contributed by atoms with Crippen molar-refractivity contribution in [1.29, 1.82) is 0 Å². The van der Waals surface area contributed by atoms with E-state index < -0.39 is 5.97 Å². The molecule has 2 N–H and O–H groups in total. The van der Waals surface area contributed by atoms with E-state index in [0.717, 1.165) is 25.9 Å². The first-order valence-corrected chi connectivity index (χ1v) is 5.38. The number of carbonyl (C=O) groups excluding carboxylic acids is 2. The van der Waals surface area contributed by atoms with Gasteiger partial charge in [-0.3, -0.25) is 9.59 Å². The van der Waals surface area contributed by atoms with Crippen LogP contribution in [-0.4, -0.2) is 37.6 Å². The molecule has 0 spiro atoms. The fraction of sp³-hybridized carbons (Fsp3) is 0.800. The van der Waals surface area contributed by atoms with Crippen LogP contribution in [0.5, 0.6) is 0 Å². The molecule has 0 aromatic heterocycles. The van der Waals surface area contributed by atoms with E-state index in [1.54, 1.807) is 6.92 Å². The second-order valence-corrected chi connectivity index (χ2v) is 3.57. The van der Waals surface area contributed by atoms with Crippen LogP contribution in [0.15, 0.2) is 0 Å². The van der Waals surface area contributed by atoms with Gasteiger partial charge in [-0.15, -0.1) is 0 Å². The molecular formula is C10H18N2O3. The lowest BCUT2D eigenvalue weighted by atomic mass is 10.1. The molecule has 1 fully saturated rings. The lowest BCUT2D eigenvalue weighted by molar-refractivity contribution is -0.146. The topological polar surface area (TPSA) is 67.4 Å². The zero-order chi connectivity index (χ0) is 11.1. The molecule has 1 aliphatic heterocycles. The highest BCUT2D eigenvalue weighted by atomic mass is 16.5. The highest BCUT2D eigenvalue weighted by Crippen LogP contribution is 2.02. The van der Waals surface area contributed by atoms with Crippen LogP contribution in [-0.2, 0) is 14.3 Å². The molecule has 86 valence electrons. The average molecular weight is 214 g/mol. The molecule has 1 saturated heterocycles. The van der Waals surface area contributed by atoms with E-state index in [1.165, 1.54) is 0 Å². The minimum absolute atomic E-state index is 0.169. The zero-order valence-corrected chi connectivity index (χ0v) is 9.04. The second-order valence-electron chi connectivity index (χ2n) is 3.57. The fourth-order valence-corrected chi connectivity index (χ4v) is 1.59. The zero-order valence-electron chi connectivity index (χ0n) is 9.04. The van der Waals surface area contributed by atoms with Crippen molar-refractivity contribution >= 4 is 11.9 Å². The van der Waals surface area contributed by atoms with E-state index in [4.69, 9.17) is 0 Å². The second kappa shape index (κ2) is 6.40. The summed E-state index contributed by atoms with van der Waals surface area (Å²) in [6.07, 6.45) is 1.68. The molecule has 1 rings (SSSR count). The molecule has 0 bridgehead atoms. The lowest BCUT2D eigenvalue weighted by Crippen LogP contribution is -2.43. The standard InChI is InChI=1S/C10H18N2O3/c1-2-15-10(14)7-9(13)12-8-3-5-11-6-4-8/h8,11H,2-7H2,1H3,(H,12,13). The summed E-state index contributed by atoms with van der Waals surface area (Å²) in [7, 11) is 0. The molecule has 0 unspecified atom stereocenters. The minimum atomic E-state index is -0.455. The normalized spacial score (nSPS) is 17.1. The number of hydrogen-bond acceptors (Lipinski definition) is 4. The molecule has 0 aromatic carbocycles. The summed E-state index contributed by atoms with van der Waals surface area (Å²) < 4.78 is 4.69. The maximum Gasteiger partial charge on any atom is 0.315 e. The third kappa shape index (κ3) is 4.78. The highest BCUT2D eigenvalue weighted by Gasteiger charge is 2.17. The van der Waals surface area contributed by atoms with E-state index in [-0.39, 0.29) is 18.4 Å². The first-order chi connectivity index (χ1) is 7.22. The van der Waals surface area contributed by atoms with Gasteiger partial charge in [0.25, 0.3) is 0 Å². The Kier molecular flexibility index (Phi) is 5.10. The van der Waals surface area contributed by atoms with Gasteiger partial charge in [-0.05, 0) is 32.9 Å². The van der Waals surface area contributed by atoms with Gasteiger partial charge in [-0.1, -0.05) is 0 Å². The van der Waals surface area contributed by atoms with Gasteiger partial charge >= 0.3 is 5.97 Å². The molecule has 0 aliphatic carbocycles. The molecule has 1 amide bonds. The third-order valence-electron chi connectivity index (χ3n) is 2.31. The van der Waals surface area contributed by atoms with Crippen molar-refractivity contribution in [2.24, 2.45) is 0 Å². The molecule has 1 aliphatic rings. The van der Waals surface area contributed by atoms with Crippen molar-refractivity contribution in [2.75, 3.05) is 19.7 Å². The first-order valence-electron chi connectivity index (χ1n) is 5.38. The number of carbonyl (C=O) groups is 2. The van der Waals surface area contributed by atoms with E-state index in [9.17, 15) is 9.59 Å². The van der Waals surface area contributed by atoms with Crippen molar-refractivity contribution < 1.29 is 14.3 Å². The van der Waals surface area contributed by atoms with E-state index in [0.29, 0.717) is 6.61 Å². The number of hydrogen-bond donors (Lipinski definition) is 2. The number of nitrogens with one attached hydrogen (secondary N) is 2. The van der Waals surface area contributed by atoms with E-state index >= 15 is 0 Å². The van der Waals surface area contributed by atoms with Gasteiger partial charge in [-0.25, -0.2) is 0 Å². The Morgan fingerprint density at radius 3 is 2.67 bits per heavy atom. The Morgan fingerprint density at radius 2 is 2.07 bits per heavy atom. The molecule has 0 saturated carbocycles. The van der Waals surface area contributed by atoms with Crippen molar-refractivity contribution in [3.8, 4) is 0 Å². The Morgan fingerprint density at radius 1 is 1.40 bits per heavy atom. The van der Waals surface area contributed by atoms with E-state index in [2.05, 4.69) is 15.4 Å². The van der Waals surface area contributed by atoms with E-state index in [1.807, 2.05) is 0 Å². The smallest absolute Gasteiger partial charge is 0.315 e. The molecule has 0 aromatic rings. The Bertz CT molecular complexity index is 225. The van der Waals surface area contributed by atoms with Crippen molar-refractivity contribution in [2.45, 2.75) is 32.2 Å². The number of piperidine rings is 1. The van der Waals surface area contributed by atoms with Crippen LogP contribution in [0, 0.1) is 0 Å². The summed E-state index contributed by atoms with van der Waals surface area (Å²) in [6.45, 7) is 3.89. The van der Waals surface area contributed by atoms with Crippen molar-refractivity contribution in [1.82, 2.24) is 10.6 Å². The van der Waals surface area contributed by atoms with Gasteiger partial charge in [0.2, 0.25) is 5.91 Å². The molecular weight excluding hydrogens is 196 g/mol. The van der Waals surface area contributed by atoms with Crippen LogP contribution in [0.3, 0.4) is 0 Å². The maximum atomic E-state index is 11.4. The van der Waals surface area contributed by atoms with Gasteiger partial charge in [0.05, 0.1) is 6.61 Å². The summed E-state index contributed by atoms with van der Waals surface area (Å²) in [5.74, 6) is -0.690. The third-order valence-corrected chi connectivity index (χ3v) is 2.31. The molecule has 1 heterocycles. The predicted octanol–water partition coefficient (Wildman–Crippen LogP) is -0.192. The highest BCUT2D eigenvalue weighted by molar-refractivity contribution is 5.94. The van der Waals surface area contributed by atoms with Crippen molar-refractivity contribution in [3.63, 3.8) is 0 Å². The van der Waals surface area contributed by atoms with Crippen LogP contribution in [0.2, 0.25) is 0 Å². The summed E-state index contributed by atoms with van der Waals surface area (Å²) in [5, 5.41) is 6.03. The summed E-state index contributed by atoms with van der Waals surface area (Å²) >= 11 is 0. The monoisotopic (exact) mass is 214 g/mol. The maximum absolute atomic E-state index is 11.4.